The van der Waals surface area contributed by atoms with Crippen LogP contribution in [0.15, 0.2) is 0 Å². The van der Waals surface area contributed by atoms with E-state index in [1.807, 2.05) is 6.92 Å². The van der Waals surface area contributed by atoms with E-state index in [0.717, 1.165) is 6.42 Å². The molecule has 1 aliphatic rings. The molecule has 3 N–H and O–H groups in total. The molecule has 3 unspecified atom stereocenters. The molecule has 0 amide bonds. The lowest BCUT2D eigenvalue weighted by molar-refractivity contribution is -0.530. The van der Waals surface area contributed by atoms with Crippen LogP contribution in [0.25, 0.3) is 0 Å². The predicted octanol–water partition coefficient (Wildman–Crippen LogP) is -0.312. The van der Waals surface area contributed by atoms with Crippen LogP contribution in [0.3, 0.4) is 0 Å². The van der Waals surface area contributed by atoms with Gasteiger partial charge in [-0.25, -0.2) is 0 Å². The fourth-order valence-electron chi connectivity index (χ4n) is 1.36. The lowest BCUT2D eigenvalue weighted by atomic mass is 10.00. The van der Waals surface area contributed by atoms with E-state index in [1.165, 1.54) is 0 Å². The maximum Gasteiger partial charge on any atom is 0.240 e. The smallest absolute Gasteiger partial charge is 0.240 e. The molecule has 0 spiro atoms. The van der Waals surface area contributed by atoms with Gasteiger partial charge in [-0.15, -0.1) is 0 Å². The summed E-state index contributed by atoms with van der Waals surface area (Å²) >= 11 is 0. The van der Waals surface area contributed by atoms with Gasteiger partial charge in [0.1, 0.15) is 6.17 Å². The fraction of sp³-hybridized carbons (Fsp3) is 1.00. The number of hydrogen-bond donors (Lipinski definition) is 2. The van der Waals surface area contributed by atoms with Gasteiger partial charge in [0, 0.05) is 17.4 Å². The van der Waals surface area contributed by atoms with E-state index in [9.17, 15) is 10.1 Å². The van der Waals surface area contributed by atoms with Crippen molar-refractivity contribution in [2.45, 2.75) is 38.0 Å². The molecule has 5 nitrogen and oxygen atoms in total. The third kappa shape index (κ3) is 1.87. The first-order valence-corrected chi connectivity index (χ1v) is 3.76. The number of nitrogens with two attached hydrogens (primary N) is 1. The van der Waals surface area contributed by atoms with Crippen LogP contribution in [-0.2, 0) is 0 Å². The van der Waals surface area contributed by atoms with Gasteiger partial charge in [0.25, 0.3) is 0 Å². The molecule has 1 fully saturated rings. The van der Waals surface area contributed by atoms with Crippen LogP contribution in [0.2, 0.25) is 0 Å². The zero-order valence-corrected chi connectivity index (χ0v) is 6.49. The summed E-state index contributed by atoms with van der Waals surface area (Å²) in [6.45, 7) is 1.98. The molecule has 3 atom stereocenters. The monoisotopic (exact) mass is 159 g/mol. The lowest BCUT2D eigenvalue weighted by Gasteiger charge is -2.28. The van der Waals surface area contributed by atoms with E-state index in [4.69, 9.17) is 5.73 Å². The number of nitro groups is 1. The van der Waals surface area contributed by atoms with Gasteiger partial charge < -0.3 is 5.73 Å². The van der Waals surface area contributed by atoms with Gasteiger partial charge in [0.2, 0.25) is 6.04 Å². The summed E-state index contributed by atoms with van der Waals surface area (Å²) in [4.78, 5) is 10.1. The molecule has 11 heavy (non-hydrogen) atoms. The summed E-state index contributed by atoms with van der Waals surface area (Å²) in [7, 11) is 0. The van der Waals surface area contributed by atoms with Gasteiger partial charge in [0.15, 0.2) is 0 Å². The van der Waals surface area contributed by atoms with Crippen molar-refractivity contribution in [3.63, 3.8) is 0 Å². The highest BCUT2D eigenvalue weighted by atomic mass is 16.6. The zero-order chi connectivity index (χ0) is 8.43. The van der Waals surface area contributed by atoms with Gasteiger partial charge in [-0.2, -0.15) is 0 Å². The molecule has 5 heteroatoms. The van der Waals surface area contributed by atoms with Gasteiger partial charge in [-0.1, -0.05) is 0 Å². The SMILES string of the molecule is CC1CCC([N+](=O)[O-])C(N)N1. The van der Waals surface area contributed by atoms with Gasteiger partial charge in [-0.05, 0) is 13.3 Å². The number of nitrogens with zero attached hydrogens (tertiary/aromatic N) is 1. The van der Waals surface area contributed by atoms with Crippen LogP contribution in [0.4, 0.5) is 0 Å². The number of rotatable bonds is 1. The average molecular weight is 159 g/mol. The standard InChI is InChI=1S/C6H13N3O2/c1-4-2-3-5(9(10)11)6(7)8-4/h4-6,8H,2-3,7H2,1H3. The predicted molar refractivity (Wildman–Crippen MR) is 40.6 cm³/mol. The summed E-state index contributed by atoms with van der Waals surface area (Å²) in [5, 5.41) is 13.3. The fourth-order valence-corrected chi connectivity index (χ4v) is 1.36. The molecule has 0 aliphatic carbocycles. The summed E-state index contributed by atoms with van der Waals surface area (Å²) in [6.07, 6.45) is 0.940. The Balaban J connectivity index is 2.50. The van der Waals surface area contributed by atoms with Crippen LogP contribution in [0.1, 0.15) is 19.8 Å². The van der Waals surface area contributed by atoms with Crippen molar-refractivity contribution < 1.29 is 4.92 Å². The van der Waals surface area contributed by atoms with Crippen LogP contribution < -0.4 is 11.1 Å². The molecule has 64 valence electrons. The Bertz CT molecular complexity index is 162. The van der Waals surface area contributed by atoms with E-state index in [-0.39, 0.29) is 4.92 Å². The van der Waals surface area contributed by atoms with Crippen molar-refractivity contribution in [1.82, 2.24) is 5.32 Å². The minimum atomic E-state index is -0.605. The molecule has 0 radical (unpaired) electrons. The Morgan fingerprint density at radius 3 is 2.73 bits per heavy atom. The maximum atomic E-state index is 10.4. The van der Waals surface area contributed by atoms with Gasteiger partial charge in [0.05, 0.1) is 0 Å². The molecule has 1 aliphatic heterocycles. The Morgan fingerprint density at radius 1 is 1.64 bits per heavy atom. The van der Waals surface area contributed by atoms with E-state index >= 15 is 0 Å². The Kier molecular flexibility index (Phi) is 2.41. The maximum absolute atomic E-state index is 10.4. The summed E-state index contributed by atoms with van der Waals surface area (Å²) in [5.41, 5.74) is 5.52. The molecule has 0 aromatic heterocycles. The molecule has 0 aromatic rings. The number of nitrogens with one attached hydrogen (secondary N) is 1. The van der Waals surface area contributed by atoms with Crippen molar-refractivity contribution in [3.05, 3.63) is 10.1 Å². The molecule has 1 rings (SSSR count). The van der Waals surface area contributed by atoms with Crippen LogP contribution in [-0.4, -0.2) is 23.2 Å². The topological polar surface area (TPSA) is 81.2 Å². The molecule has 1 heterocycles. The average Bonchev–Trinajstić information content (AvgIpc) is 1.85. The second kappa shape index (κ2) is 3.15. The van der Waals surface area contributed by atoms with E-state index < -0.39 is 12.2 Å². The summed E-state index contributed by atoms with van der Waals surface area (Å²) in [6, 6.07) is -0.299. The zero-order valence-electron chi connectivity index (χ0n) is 6.49. The van der Waals surface area contributed by atoms with E-state index in [1.54, 1.807) is 0 Å². The first-order valence-electron chi connectivity index (χ1n) is 3.76. The van der Waals surface area contributed by atoms with Crippen molar-refractivity contribution >= 4 is 0 Å². The first-order chi connectivity index (χ1) is 5.11. The largest absolute Gasteiger partial charge is 0.310 e. The van der Waals surface area contributed by atoms with Gasteiger partial charge in [-0.3, -0.25) is 15.4 Å². The molecular weight excluding hydrogens is 146 g/mol. The molecule has 0 saturated carbocycles. The summed E-state index contributed by atoms with van der Waals surface area (Å²) in [5.74, 6) is 0. The van der Waals surface area contributed by atoms with Crippen molar-refractivity contribution in [1.29, 1.82) is 0 Å². The lowest BCUT2D eigenvalue weighted by Crippen LogP contribution is -2.57. The second-order valence-corrected chi connectivity index (χ2v) is 3.02. The number of piperidine rings is 1. The van der Waals surface area contributed by atoms with Crippen LogP contribution >= 0.6 is 0 Å². The Hall–Kier alpha value is -0.680. The first kappa shape index (κ1) is 8.42. The highest BCUT2D eigenvalue weighted by Gasteiger charge is 2.33. The van der Waals surface area contributed by atoms with Crippen molar-refractivity contribution in [2.24, 2.45) is 5.73 Å². The summed E-state index contributed by atoms with van der Waals surface area (Å²) < 4.78 is 0. The van der Waals surface area contributed by atoms with E-state index in [2.05, 4.69) is 5.32 Å². The van der Waals surface area contributed by atoms with Crippen molar-refractivity contribution in [2.75, 3.05) is 0 Å². The third-order valence-electron chi connectivity index (χ3n) is 2.06. The second-order valence-electron chi connectivity index (χ2n) is 3.02. The Labute approximate surface area is 65.1 Å². The minimum absolute atomic E-state index is 0.302. The molecule has 1 saturated heterocycles. The molecular formula is C6H13N3O2. The molecule has 0 aromatic carbocycles. The number of hydrogen-bond acceptors (Lipinski definition) is 4. The normalized spacial score (nSPS) is 38.5. The van der Waals surface area contributed by atoms with Crippen LogP contribution in [0, 0.1) is 10.1 Å². The Morgan fingerprint density at radius 2 is 2.27 bits per heavy atom. The van der Waals surface area contributed by atoms with Crippen molar-refractivity contribution in [3.8, 4) is 0 Å². The quantitative estimate of drug-likeness (QED) is 0.406. The minimum Gasteiger partial charge on any atom is -0.310 e. The highest BCUT2D eigenvalue weighted by Crippen LogP contribution is 2.12. The highest BCUT2D eigenvalue weighted by molar-refractivity contribution is 4.80. The van der Waals surface area contributed by atoms with Gasteiger partial charge >= 0.3 is 0 Å². The van der Waals surface area contributed by atoms with Crippen LogP contribution in [0.5, 0.6) is 0 Å². The molecule has 0 bridgehead atoms. The third-order valence-corrected chi connectivity index (χ3v) is 2.06. The van der Waals surface area contributed by atoms with E-state index in [0.29, 0.717) is 12.5 Å².